The molecule has 7 heteroatoms. The highest BCUT2D eigenvalue weighted by atomic mass is 16.5. The van der Waals surface area contributed by atoms with E-state index >= 15 is 0 Å². The Morgan fingerprint density at radius 3 is 2.52 bits per heavy atom. The molecule has 25 heavy (non-hydrogen) atoms. The van der Waals surface area contributed by atoms with E-state index in [-0.39, 0.29) is 18.4 Å². The second-order valence-electron chi connectivity index (χ2n) is 6.18. The van der Waals surface area contributed by atoms with Gasteiger partial charge in [-0.1, -0.05) is 0 Å². The van der Waals surface area contributed by atoms with Gasteiger partial charge in [0.15, 0.2) is 0 Å². The van der Waals surface area contributed by atoms with Gasteiger partial charge in [0.2, 0.25) is 11.8 Å². The SMILES string of the molecule is COc1ccc(N2CCN(C(=O)[C@@H](C)n3cc(C)cn3)CC2=O)cc1. The highest BCUT2D eigenvalue weighted by molar-refractivity contribution is 5.98. The number of aromatic nitrogens is 2. The van der Waals surface area contributed by atoms with Gasteiger partial charge in [-0.2, -0.15) is 5.10 Å². The average molecular weight is 342 g/mol. The minimum absolute atomic E-state index is 0.0788. The highest BCUT2D eigenvalue weighted by Gasteiger charge is 2.31. The third-order valence-corrected chi connectivity index (χ3v) is 4.40. The maximum absolute atomic E-state index is 12.7. The van der Waals surface area contributed by atoms with Crippen molar-refractivity contribution in [2.24, 2.45) is 0 Å². The van der Waals surface area contributed by atoms with Crippen LogP contribution in [0.2, 0.25) is 0 Å². The molecule has 0 aliphatic carbocycles. The van der Waals surface area contributed by atoms with Crippen molar-refractivity contribution in [1.82, 2.24) is 14.7 Å². The van der Waals surface area contributed by atoms with Gasteiger partial charge in [-0.05, 0) is 43.7 Å². The Hall–Kier alpha value is -2.83. The average Bonchev–Trinajstić information content (AvgIpc) is 3.07. The summed E-state index contributed by atoms with van der Waals surface area (Å²) in [6.45, 7) is 4.78. The van der Waals surface area contributed by atoms with Crippen molar-refractivity contribution < 1.29 is 14.3 Å². The number of rotatable bonds is 4. The first kappa shape index (κ1) is 17.0. The van der Waals surface area contributed by atoms with Gasteiger partial charge in [0, 0.05) is 25.0 Å². The first-order valence-corrected chi connectivity index (χ1v) is 8.23. The van der Waals surface area contributed by atoms with Crippen LogP contribution in [-0.2, 0) is 9.59 Å². The minimum atomic E-state index is -0.422. The van der Waals surface area contributed by atoms with Crippen LogP contribution in [0.1, 0.15) is 18.5 Å². The van der Waals surface area contributed by atoms with Gasteiger partial charge in [-0.3, -0.25) is 14.3 Å². The van der Waals surface area contributed by atoms with Crippen molar-refractivity contribution in [3.8, 4) is 5.75 Å². The van der Waals surface area contributed by atoms with Crippen LogP contribution in [0.15, 0.2) is 36.7 Å². The predicted octanol–water partition coefficient (Wildman–Crippen LogP) is 1.64. The Morgan fingerprint density at radius 1 is 1.24 bits per heavy atom. The lowest BCUT2D eigenvalue weighted by Crippen LogP contribution is -2.53. The molecule has 1 aliphatic heterocycles. The fourth-order valence-corrected chi connectivity index (χ4v) is 2.92. The van der Waals surface area contributed by atoms with Gasteiger partial charge in [0.05, 0.1) is 13.3 Å². The van der Waals surface area contributed by atoms with Gasteiger partial charge in [0.25, 0.3) is 0 Å². The number of anilines is 1. The fraction of sp³-hybridized carbons (Fsp3) is 0.389. The van der Waals surface area contributed by atoms with Crippen LogP contribution in [0.3, 0.4) is 0 Å². The summed E-state index contributed by atoms with van der Waals surface area (Å²) in [5.41, 5.74) is 1.81. The molecule has 2 heterocycles. The summed E-state index contributed by atoms with van der Waals surface area (Å²) in [7, 11) is 1.60. The number of carbonyl (C=O) groups excluding carboxylic acids is 2. The normalized spacial score (nSPS) is 16.0. The summed E-state index contributed by atoms with van der Waals surface area (Å²) < 4.78 is 6.77. The lowest BCUT2D eigenvalue weighted by molar-refractivity contribution is -0.139. The Kier molecular flexibility index (Phi) is 4.74. The summed E-state index contributed by atoms with van der Waals surface area (Å²) in [6, 6.07) is 6.92. The molecule has 0 saturated carbocycles. The molecule has 1 fully saturated rings. The monoisotopic (exact) mass is 342 g/mol. The Balaban J connectivity index is 1.66. The largest absolute Gasteiger partial charge is 0.497 e. The van der Waals surface area contributed by atoms with Gasteiger partial charge in [-0.25, -0.2) is 0 Å². The zero-order valence-electron chi connectivity index (χ0n) is 14.7. The first-order chi connectivity index (χ1) is 12.0. The van der Waals surface area contributed by atoms with E-state index in [1.165, 1.54) is 0 Å². The summed E-state index contributed by atoms with van der Waals surface area (Å²) in [4.78, 5) is 28.5. The molecule has 132 valence electrons. The summed E-state index contributed by atoms with van der Waals surface area (Å²) in [6.07, 6.45) is 3.55. The van der Waals surface area contributed by atoms with Crippen LogP contribution >= 0.6 is 0 Å². The van der Waals surface area contributed by atoms with Crippen molar-refractivity contribution in [1.29, 1.82) is 0 Å². The number of amides is 2. The quantitative estimate of drug-likeness (QED) is 0.847. The number of carbonyl (C=O) groups is 2. The molecular weight excluding hydrogens is 320 g/mol. The number of ether oxygens (including phenoxy) is 1. The number of aryl methyl sites for hydroxylation is 1. The molecule has 1 aromatic carbocycles. The molecule has 0 spiro atoms. The lowest BCUT2D eigenvalue weighted by atomic mass is 10.2. The molecule has 2 amide bonds. The fourth-order valence-electron chi connectivity index (χ4n) is 2.92. The van der Waals surface area contributed by atoms with E-state index in [9.17, 15) is 9.59 Å². The van der Waals surface area contributed by atoms with Crippen LogP contribution in [0, 0.1) is 6.92 Å². The van der Waals surface area contributed by atoms with Crippen molar-refractivity contribution >= 4 is 17.5 Å². The molecule has 2 aromatic rings. The van der Waals surface area contributed by atoms with Gasteiger partial charge >= 0.3 is 0 Å². The van der Waals surface area contributed by atoms with E-state index in [0.717, 1.165) is 17.0 Å². The van der Waals surface area contributed by atoms with E-state index in [2.05, 4.69) is 5.10 Å². The second kappa shape index (κ2) is 6.96. The topological polar surface area (TPSA) is 67.7 Å². The maximum Gasteiger partial charge on any atom is 0.247 e. The zero-order valence-corrected chi connectivity index (χ0v) is 14.7. The van der Waals surface area contributed by atoms with Crippen molar-refractivity contribution in [3.63, 3.8) is 0 Å². The third kappa shape index (κ3) is 3.50. The van der Waals surface area contributed by atoms with E-state index in [4.69, 9.17) is 4.74 Å². The Labute approximate surface area is 146 Å². The summed E-state index contributed by atoms with van der Waals surface area (Å²) in [5, 5.41) is 4.19. The minimum Gasteiger partial charge on any atom is -0.497 e. The van der Waals surface area contributed by atoms with Gasteiger partial charge in [-0.15, -0.1) is 0 Å². The molecule has 1 atom stereocenters. The Bertz CT molecular complexity index is 769. The predicted molar refractivity (Wildman–Crippen MR) is 93.6 cm³/mol. The molecule has 1 aliphatic rings. The van der Waals surface area contributed by atoms with Crippen molar-refractivity contribution in [2.45, 2.75) is 19.9 Å². The van der Waals surface area contributed by atoms with Crippen LogP contribution in [0.25, 0.3) is 0 Å². The summed E-state index contributed by atoms with van der Waals surface area (Å²) >= 11 is 0. The highest BCUT2D eigenvalue weighted by Crippen LogP contribution is 2.22. The van der Waals surface area contributed by atoms with E-state index in [0.29, 0.717) is 13.1 Å². The molecule has 0 unspecified atom stereocenters. The first-order valence-electron chi connectivity index (χ1n) is 8.23. The smallest absolute Gasteiger partial charge is 0.247 e. The number of hydrogen-bond acceptors (Lipinski definition) is 4. The Morgan fingerprint density at radius 2 is 1.96 bits per heavy atom. The lowest BCUT2D eigenvalue weighted by Gasteiger charge is -2.35. The second-order valence-corrected chi connectivity index (χ2v) is 6.18. The molecule has 7 nitrogen and oxygen atoms in total. The van der Waals surface area contributed by atoms with E-state index in [1.807, 2.05) is 37.4 Å². The molecule has 1 aromatic heterocycles. The van der Waals surface area contributed by atoms with Crippen LogP contribution in [-0.4, -0.2) is 53.2 Å². The van der Waals surface area contributed by atoms with Gasteiger partial charge in [0.1, 0.15) is 18.3 Å². The molecule has 0 N–H and O–H groups in total. The van der Waals surface area contributed by atoms with Gasteiger partial charge < -0.3 is 14.5 Å². The molecule has 0 bridgehead atoms. The van der Waals surface area contributed by atoms with Crippen molar-refractivity contribution in [3.05, 3.63) is 42.2 Å². The van der Waals surface area contributed by atoms with E-state index < -0.39 is 6.04 Å². The van der Waals surface area contributed by atoms with Crippen LogP contribution in [0.5, 0.6) is 5.75 Å². The molecule has 1 saturated heterocycles. The standard InChI is InChI=1S/C18H22N4O3/c1-13-10-19-22(11-13)14(2)18(24)20-8-9-21(17(23)12-20)15-4-6-16(25-3)7-5-15/h4-7,10-11,14H,8-9,12H2,1-3H3/t14-/m1/s1. The number of benzene rings is 1. The van der Waals surface area contributed by atoms with Crippen LogP contribution < -0.4 is 9.64 Å². The zero-order chi connectivity index (χ0) is 18.0. The van der Waals surface area contributed by atoms with Crippen LogP contribution in [0.4, 0.5) is 5.69 Å². The number of hydrogen-bond donors (Lipinski definition) is 0. The number of nitrogens with zero attached hydrogens (tertiary/aromatic N) is 4. The van der Waals surface area contributed by atoms with E-state index in [1.54, 1.807) is 34.7 Å². The molecule has 0 radical (unpaired) electrons. The third-order valence-electron chi connectivity index (χ3n) is 4.40. The summed E-state index contributed by atoms with van der Waals surface area (Å²) in [5.74, 6) is 0.563. The molecule has 3 rings (SSSR count). The molecular formula is C18H22N4O3. The van der Waals surface area contributed by atoms with Crippen molar-refractivity contribution in [2.75, 3.05) is 31.6 Å². The maximum atomic E-state index is 12.7. The number of piperazine rings is 1. The number of methoxy groups -OCH3 is 1.